The van der Waals surface area contributed by atoms with Crippen LogP contribution in [0.15, 0.2) is 24.5 Å². The summed E-state index contributed by atoms with van der Waals surface area (Å²) in [7, 11) is 1.89. The van der Waals surface area contributed by atoms with Gasteiger partial charge in [0.15, 0.2) is 0 Å². The first kappa shape index (κ1) is 14.3. The van der Waals surface area contributed by atoms with Crippen molar-refractivity contribution in [3.8, 4) is 17.2 Å². The largest absolute Gasteiger partial charge is 0.275 e. The number of aryl methyl sites for hydroxylation is 2. The van der Waals surface area contributed by atoms with Crippen LogP contribution >= 0.6 is 0 Å². The van der Waals surface area contributed by atoms with Gasteiger partial charge < -0.3 is 0 Å². The Labute approximate surface area is 120 Å². The maximum atomic E-state index is 9.37. The van der Waals surface area contributed by atoms with Crippen LogP contribution in [0.5, 0.6) is 0 Å². The quantitative estimate of drug-likeness (QED) is 0.834. The van der Waals surface area contributed by atoms with E-state index in [-0.39, 0.29) is 0 Å². The zero-order chi connectivity index (χ0) is 14.7. The molecule has 0 aliphatic rings. The van der Waals surface area contributed by atoms with Gasteiger partial charge in [0.1, 0.15) is 0 Å². The minimum absolute atomic E-state index is 0.517. The molecule has 0 spiro atoms. The maximum Gasteiger partial charge on any atom is 0.0998 e. The van der Waals surface area contributed by atoms with Crippen molar-refractivity contribution in [1.29, 1.82) is 5.26 Å². The first-order valence-corrected chi connectivity index (χ1v) is 7.10. The maximum absolute atomic E-state index is 9.37. The Hall–Kier alpha value is -2.08. The van der Waals surface area contributed by atoms with E-state index in [9.17, 15) is 5.26 Å². The van der Waals surface area contributed by atoms with E-state index >= 15 is 0 Å². The van der Waals surface area contributed by atoms with Gasteiger partial charge in [0.25, 0.3) is 0 Å². The van der Waals surface area contributed by atoms with Gasteiger partial charge in [-0.15, -0.1) is 0 Å². The van der Waals surface area contributed by atoms with Crippen molar-refractivity contribution in [2.75, 3.05) is 0 Å². The van der Waals surface area contributed by atoms with Crippen LogP contribution < -0.4 is 0 Å². The molecule has 1 unspecified atom stereocenters. The Kier molecular flexibility index (Phi) is 4.24. The van der Waals surface area contributed by atoms with Crippen LogP contribution in [0.4, 0.5) is 0 Å². The van der Waals surface area contributed by atoms with Crippen molar-refractivity contribution >= 4 is 0 Å². The lowest BCUT2D eigenvalue weighted by atomic mass is 9.88. The molecule has 3 heteroatoms. The lowest BCUT2D eigenvalue weighted by molar-refractivity contribution is 0.661. The standard InChI is InChI=1S/C17H21N3/c1-5-6-12(2)16-8-17(14(9-18)7-13(16)3)15-10-19-20(4)11-15/h7-8,10-12H,5-6H2,1-4H3. The van der Waals surface area contributed by atoms with E-state index in [0.29, 0.717) is 5.92 Å². The third-order valence-corrected chi connectivity index (χ3v) is 3.80. The SMILES string of the molecule is CCCC(C)c1cc(-c2cnn(C)c2)c(C#N)cc1C. The summed E-state index contributed by atoms with van der Waals surface area (Å²) in [4.78, 5) is 0. The highest BCUT2D eigenvalue weighted by Crippen LogP contribution is 2.31. The summed E-state index contributed by atoms with van der Waals surface area (Å²) in [5.41, 5.74) is 5.26. The minimum atomic E-state index is 0.517. The number of hydrogen-bond acceptors (Lipinski definition) is 2. The van der Waals surface area contributed by atoms with Gasteiger partial charge in [-0.3, -0.25) is 4.68 Å². The Bertz CT molecular complexity index is 647. The molecule has 1 aromatic carbocycles. The number of rotatable bonds is 4. The van der Waals surface area contributed by atoms with Gasteiger partial charge in [-0.2, -0.15) is 10.4 Å². The molecule has 0 saturated heterocycles. The zero-order valence-corrected chi connectivity index (χ0v) is 12.6. The van der Waals surface area contributed by atoms with Gasteiger partial charge in [0.2, 0.25) is 0 Å². The third kappa shape index (κ3) is 2.75. The van der Waals surface area contributed by atoms with Crippen LogP contribution in [0.3, 0.4) is 0 Å². The predicted molar refractivity (Wildman–Crippen MR) is 81.4 cm³/mol. The summed E-state index contributed by atoms with van der Waals surface area (Å²) >= 11 is 0. The summed E-state index contributed by atoms with van der Waals surface area (Å²) < 4.78 is 1.77. The Morgan fingerprint density at radius 3 is 2.70 bits per heavy atom. The number of hydrogen-bond donors (Lipinski definition) is 0. The molecule has 0 radical (unpaired) electrons. The molecule has 1 atom stereocenters. The summed E-state index contributed by atoms with van der Waals surface area (Å²) in [6.45, 7) is 6.55. The van der Waals surface area contributed by atoms with E-state index in [1.165, 1.54) is 24.0 Å². The minimum Gasteiger partial charge on any atom is -0.275 e. The molecule has 2 aromatic rings. The molecule has 0 bridgehead atoms. The lowest BCUT2D eigenvalue weighted by Gasteiger charge is -2.16. The molecule has 1 heterocycles. The highest BCUT2D eigenvalue weighted by atomic mass is 15.2. The van der Waals surface area contributed by atoms with Crippen molar-refractivity contribution in [3.63, 3.8) is 0 Å². The molecule has 3 nitrogen and oxygen atoms in total. The molecule has 0 fully saturated rings. The second-order valence-corrected chi connectivity index (χ2v) is 5.46. The van der Waals surface area contributed by atoms with Crippen LogP contribution in [0, 0.1) is 18.3 Å². The second-order valence-electron chi connectivity index (χ2n) is 5.46. The van der Waals surface area contributed by atoms with E-state index in [0.717, 1.165) is 16.7 Å². The molecule has 20 heavy (non-hydrogen) atoms. The highest BCUT2D eigenvalue weighted by Gasteiger charge is 2.14. The Morgan fingerprint density at radius 1 is 1.40 bits per heavy atom. The third-order valence-electron chi connectivity index (χ3n) is 3.80. The molecule has 0 aliphatic carbocycles. The number of nitrogens with zero attached hydrogens (tertiary/aromatic N) is 3. The molecule has 2 rings (SSSR count). The van der Waals surface area contributed by atoms with E-state index in [4.69, 9.17) is 0 Å². The van der Waals surface area contributed by atoms with Crippen LogP contribution in [0.25, 0.3) is 11.1 Å². The van der Waals surface area contributed by atoms with Gasteiger partial charge in [0.05, 0.1) is 17.8 Å². The van der Waals surface area contributed by atoms with E-state index in [1.807, 2.05) is 25.5 Å². The lowest BCUT2D eigenvalue weighted by Crippen LogP contribution is -1.99. The van der Waals surface area contributed by atoms with E-state index < -0.39 is 0 Å². The average molecular weight is 267 g/mol. The van der Waals surface area contributed by atoms with Crippen LogP contribution in [-0.4, -0.2) is 9.78 Å². The van der Waals surface area contributed by atoms with Gasteiger partial charge in [-0.05, 0) is 42.5 Å². The van der Waals surface area contributed by atoms with Crippen molar-refractivity contribution in [2.24, 2.45) is 7.05 Å². The Balaban J connectivity index is 2.55. The highest BCUT2D eigenvalue weighted by molar-refractivity contribution is 5.71. The van der Waals surface area contributed by atoms with Crippen molar-refractivity contribution < 1.29 is 0 Å². The van der Waals surface area contributed by atoms with E-state index in [1.54, 1.807) is 4.68 Å². The fourth-order valence-electron chi connectivity index (χ4n) is 2.74. The number of nitriles is 1. The summed E-state index contributed by atoms with van der Waals surface area (Å²) in [5, 5.41) is 13.6. The molecule has 0 N–H and O–H groups in total. The van der Waals surface area contributed by atoms with Crippen molar-refractivity contribution in [3.05, 3.63) is 41.2 Å². The monoisotopic (exact) mass is 267 g/mol. The fourth-order valence-corrected chi connectivity index (χ4v) is 2.74. The second kappa shape index (κ2) is 5.92. The smallest absolute Gasteiger partial charge is 0.0998 e. The van der Waals surface area contributed by atoms with E-state index in [2.05, 4.69) is 38.0 Å². The molecular weight excluding hydrogens is 246 g/mol. The summed E-state index contributed by atoms with van der Waals surface area (Å²) in [5.74, 6) is 0.517. The molecule has 1 aromatic heterocycles. The molecule has 0 saturated carbocycles. The predicted octanol–water partition coefficient (Wildman–Crippen LogP) is 4.17. The Morgan fingerprint density at radius 2 is 2.15 bits per heavy atom. The fraction of sp³-hybridized carbons (Fsp3) is 0.412. The molecule has 0 aliphatic heterocycles. The first-order chi connectivity index (χ1) is 9.56. The zero-order valence-electron chi connectivity index (χ0n) is 12.6. The topological polar surface area (TPSA) is 41.6 Å². The average Bonchev–Trinajstić information content (AvgIpc) is 2.85. The van der Waals surface area contributed by atoms with Crippen LogP contribution in [0.1, 0.15) is 49.3 Å². The van der Waals surface area contributed by atoms with Crippen molar-refractivity contribution in [1.82, 2.24) is 9.78 Å². The summed E-state index contributed by atoms with van der Waals surface area (Å²) in [6.07, 6.45) is 6.11. The molecule has 0 amide bonds. The van der Waals surface area contributed by atoms with Gasteiger partial charge in [-0.1, -0.05) is 20.3 Å². The summed E-state index contributed by atoms with van der Waals surface area (Å²) in [6, 6.07) is 6.48. The number of benzene rings is 1. The van der Waals surface area contributed by atoms with Gasteiger partial charge in [-0.25, -0.2) is 0 Å². The van der Waals surface area contributed by atoms with Crippen molar-refractivity contribution in [2.45, 2.75) is 39.5 Å². The molecule has 104 valence electrons. The first-order valence-electron chi connectivity index (χ1n) is 7.10. The molecular formula is C17H21N3. The van der Waals surface area contributed by atoms with Gasteiger partial charge >= 0.3 is 0 Å². The van der Waals surface area contributed by atoms with Gasteiger partial charge in [0, 0.05) is 24.4 Å². The number of aromatic nitrogens is 2. The van der Waals surface area contributed by atoms with Crippen LogP contribution in [-0.2, 0) is 7.05 Å². The normalized spacial score (nSPS) is 12.2. The van der Waals surface area contributed by atoms with Crippen LogP contribution in [0.2, 0.25) is 0 Å².